The number of esters is 1. The highest BCUT2D eigenvalue weighted by Crippen LogP contribution is 2.29. The number of carbonyl (C=O) groups is 2. The first-order valence-corrected chi connectivity index (χ1v) is 7.04. The molecular weight excluding hydrogens is 252 g/mol. The fourth-order valence-corrected chi connectivity index (χ4v) is 3.27. The molecule has 0 aromatic rings. The summed E-state index contributed by atoms with van der Waals surface area (Å²) in [6, 6.07) is -0.577. The average Bonchev–Trinajstić information content (AvgIpc) is 2.25. The lowest BCUT2D eigenvalue weighted by Gasteiger charge is -2.38. The number of carbonyl (C=O) groups excluding carboxylic acids is 2. The van der Waals surface area contributed by atoms with Gasteiger partial charge in [-0.25, -0.2) is 4.79 Å². The maximum absolute atomic E-state index is 11.6. The SMILES string of the molecule is COC(=O)C(CN1CCSC(C)(C)C1)NC(C)=O. The third kappa shape index (κ3) is 4.86. The standard InChI is InChI=1S/C12H22N2O3S/c1-9(15)13-10(11(16)17-4)7-14-5-6-18-12(2,3)8-14/h10H,5-8H2,1-4H3,(H,13,15). The Bertz CT molecular complexity index is 320. The second kappa shape index (κ2) is 6.43. The Balaban J connectivity index is 2.59. The molecule has 1 heterocycles. The van der Waals surface area contributed by atoms with Gasteiger partial charge in [0.1, 0.15) is 6.04 Å². The first-order chi connectivity index (χ1) is 8.34. The van der Waals surface area contributed by atoms with Gasteiger partial charge in [-0.3, -0.25) is 9.69 Å². The number of nitrogens with zero attached hydrogens (tertiary/aromatic N) is 1. The lowest BCUT2D eigenvalue weighted by molar-refractivity contribution is -0.145. The van der Waals surface area contributed by atoms with E-state index < -0.39 is 6.04 Å². The fourth-order valence-electron chi connectivity index (χ4n) is 2.09. The van der Waals surface area contributed by atoms with Gasteiger partial charge in [0.05, 0.1) is 7.11 Å². The predicted molar refractivity (Wildman–Crippen MR) is 72.6 cm³/mol. The van der Waals surface area contributed by atoms with Gasteiger partial charge in [-0.05, 0) is 13.8 Å². The molecular formula is C12H22N2O3S. The number of thioether (sulfide) groups is 1. The van der Waals surface area contributed by atoms with Gasteiger partial charge in [0, 0.05) is 37.1 Å². The summed E-state index contributed by atoms with van der Waals surface area (Å²) in [5.41, 5.74) is 0. The Kier molecular flexibility index (Phi) is 5.47. The van der Waals surface area contributed by atoms with Crippen LogP contribution >= 0.6 is 11.8 Å². The van der Waals surface area contributed by atoms with Crippen LogP contribution < -0.4 is 5.32 Å². The zero-order valence-electron chi connectivity index (χ0n) is 11.5. The molecule has 6 heteroatoms. The molecule has 0 radical (unpaired) electrons. The fraction of sp³-hybridized carbons (Fsp3) is 0.833. The van der Waals surface area contributed by atoms with E-state index in [1.54, 1.807) is 0 Å². The van der Waals surface area contributed by atoms with E-state index in [0.717, 1.165) is 18.8 Å². The lowest BCUT2D eigenvalue weighted by atomic mass is 10.1. The Labute approximate surface area is 113 Å². The molecule has 0 aromatic carbocycles. The first kappa shape index (κ1) is 15.3. The Morgan fingerprint density at radius 1 is 1.50 bits per heavy atom. The third-order valence-electron chi connectivity index (χ3n) is 2.81. The van der Waals surface area contributed by atoms with Crippen LogP contribution in [0.1, 0.15) is 20.8 Å². The van der Waals surface area contributed by atoms with Gasteiger partial charge in [-0.1, -0.05) is 0 Å². The number of hydrogen-bond acceptors (Lipinski definition) is 5. The maximum Gasteiger partial charge on any atom is 0.329 e. The van der Waals surface area contributed by atoms with E-state index >= 15 is 0 Å². The van der Waals surface area contributed by atoms with Crippen LogP contribution in [-0.4, -0.2) is 60.1 Å². The number of methoxy groups -OCH3 is 1. The summed E-state index contributed by atoms with van der Waals surface area (Å²) in [5.74, 6) is 0.443. The summed E-state index contributed by atoms with van der Waals surface area (Å²) in [6.45, 7) is 8.14. The molecule has 1 N–H and O–H groups in total. The van der Waals surface area contributed by atoms with Crippen LogP contribution in [0.25, 0.3) is 0 Å². The molecule has 104 valence electrons. The van der Waals surface area contributed by atoms with Crippen molar-refractivity contribution < 1.29 is 14.3 Å². The van der Waals surface area contributed by atoms with E-state index in [0.29, 0.717) is 6.54 Å². The summed E-state index contributed by atoms with van der Waals surface area (Å²) >= 11 is 1.93. The molecule has 1 aliphatic heterocycles. The van der Waals surface area contributed by atoms with E-state index in [4.69, 9.17) is 4.74 Å². The minimum Gasteiger partial charge on any atom is -0.467 e. The zero-order valence-corrected chi connectivity index (χ0v) is 12.3. The zero-order chi connectivity index (χ0) is 13.8. The number of rotatable bonds is 4. The smallest absolute Gasteiger partial charge is 0.329 e. The molecule has 0 aromatic heterocycles. The molecule has 0 aliphatic carbocycles. The number of nitrogens with one attached hydrogen (secondary N) is 1. The van der Waals surface area contributed by atoms with E-state index in [1.807, 2.05) is 11.8 Å². The lowest BCUT2D eigenvalue weighted by Crippen LogP contribution is -2.52. The van der Waals surface area contributed by atoms with E-state index in [2.05, 4.69) is 24.1 Å². The van der Waals surface area contributed by atoms with Gasteiger partial charge in [-0.15, -0.1) is 0 Å². The highest BCUT2D eigenvalue weighted by atomic mass is 32.2. The quantitative estimate of drug-likeness (QED) is 0.756. The Morgan fingerprint density at radius 3 is 2.67 bits per heavy atom. The third-order valence-corrected chi connectivity index (χ3v) is 4.11. The van der Waals surface area contributed by atoms with Crippen molar-refractivity contribution in [2.45, 2.75) is 31.6 Å². The maximum atomic E-state index is 11.6. The minimum atomic E-state index is -0.577. The molecule has 1 rings (SSSR count). The molecule has 1 atom stereocenters. The molecule has 0 saturated carbocycles. The van der Waals surface area contributed by atoms with Crippen LogP contribution in [0.2, 0.25) is 0 Å². The van der Waals surface area contributed by atoms with Crippen molar-refractivity contribution in [2.24, 2.45) is 0 Å². The summed E-state index contributed by atoms with van der Waals surface area (Å²) in [4.78, 5) is 24.9. The van der Waals surface area contributed by atoms with Gasteiger partial charge in [-0.2, -0.15) is 11.8 Å². The van der Waals surface area contributed by atoms with Crippen LogP contribution in [0.4, 0.5) is 0 Å². The molecule has 1 saturated heterocycles. The highest BCUT2D eigenvalue weighted by molar-refractivity contribution is 8.00. The van der Waals surface area contributed by atoms with Gasteiger partial charge >= 0.3 is 5.97 Å². The second-order valence-corrected chi connectivity index (χ2v) is 6.92. The molecule has 0 bridgehead atoms. The second-order valence-electron chi connectivity index (χ2n) is 5.12. The molecule has 1 unspecified atom stereocenters. The molecule has 0 spiro atoms. The van der Waals surface area contributed by atoms with Crippen molar-refractivity contribution in [1.29, 1.82) is 0 Å². The van der Waals surface area contributed by atoms with Crippen LogP contribution in [0, 0.1) is 0 Å². The Hall–Kier alpha value is -0.750. The molecule has 1 aliphatic rings. The largest absolute Gasteiger partial charge is 0.467 e. The first-order valence-electron chi connectivity index (χ1n) is 6.05. The van der Waals surface area contributed by atoms with Crippen molar-refractivity contribution in [3.63, 3.8) is 0 Å². The minimum absolute atomic E-state index is 0.190. The monoisotopic (exact) mass is 274 g/mol. The Morgan fingerprint density at radius 2 is 2.17 bits per heavy atom. The molecule has 1 fully saturated rings. The molecule has 1 amide bonds. The van der Waals surface area contributed by atoms with Crippen LogP contribution in [0.3, 0.4) is 0 Å². The normalized spacial score (nSPS) is 21.1. The van der Waals surface area contributed by atoms with Crippen LogP contribution in [-0.2, 0) is 14.3 Å². The van der Waals surface area contributed by atoms with E-state index in [-0.39, 0.29) is 16.6 Å². The van der Waals surface area contributed by atoms with Crippen molar-refractivity contribution in [2.75, 3.05) is 32.5 Å². The van der Waals surface area contributed by atoms with Gasteiger partial charge < -0.3 is 10.1 Å². The predicted octanol–water partition coefficient (Wildman–Crippen LogP) is 0.491. The van der Waals surface area contributed by atoms with E-state index in [1.165, 1.54) is 14.0 Å². The topological polar surface area (TPSA) is 58.6 Å². The highest BCUT2D eigenvalue weighted by Gasteiger charge is 2.30. The van der Waals surface area contributed by atoms with E-state index in [9.17, 15) is 9.59 Å². The summed E-state index contributed by atoms with van der Waals surface area (Å²) < 4.78 is 4.91. The molecule has 5 nitrogen and oxygen atoms in total. The van der Waals surface area contributed by atoms with Crippen LogP contribution in [0.5, 0.6) is 0 Å². The average molecular weight is 274 g/mol. The van der Waals surface area contributed by atoms with Gasteiger partial charge in [0.25, 0.3) is 0 Å². The number of ether oxygens (including phenoxy) is 1. The summed E-state index contributed by atoms with van der Waals surface area (Å²) in [7, 11) is 1.34. The van der Waals surface area contributed by atoms with Crippen molar-refractivity contribution in [3.8, 4) is 0 Å². The molecule has 18 heavy (non-hydrogen) atoms. The summed E-state index contributed by atoms with van der Waals surface area (Å²) in [6.07, 6.45) is 0. The van der Waals surface area contributed by atoms with Gasteiger partial charge in [0.2, 0.25) is 5.91 Å². The summed E-state index contributed by atoms with van der Waals surface area (Å²) in [5, 5.41) is 2.64. The number of hydrogen-bond donors (Lipinski definition) is 1. The van der Waals surface area contributed by atoms with Crippen molar-refractivity contribution in [3.05, 3.63) is 0 Å². The number of amides is 1. The van der Waals surface area contributed by atoms with Crippen molar-refractivity contribution >= 4 is 23.6 Å². The van der Waals surface area contributed by atoms with Crippen LogP contribution in [0.15, 0.2) is 0 Å². The van der Waals surface area contributed by atoms with Crippen molar-refractivity contribution in [1.82, 2.24) is 10.2 Å². The van der Waals surface area contributed by atoms with Gasteiger partial charge in [0.15, 0.2) is 0 Å².